The van der Waals surface area contributed by atoms with E-state index in [1.807, 2.05) is 48.5 Å². The first-order chi connectivity index (χ1) is 12.8. The lowest BCUT2D eigenvalue weighted by Gasteiger charge is -2.15. The fourth-order valence-corrected chi connectivity index (χ4v) is 3.74. The number of benzene rings is 2. The van der Waals surface area contributed by atoms with Crippen molar-refractivity contribution < 1.29 is 14.8 Å². The molecule has 0 aliphatic rings. The number of rotatable bonds is 8. The fourth-order valence-electron chi connectivity index (χ4n) is 2.88. The maximum atomic E-state index is 12.3. The third-order valence-corrected chi connectivity index (χ3v) is 5.17. The molecule has 1 heterocycles. The van der Waals surface area contributed by atoms with Gasteiger partial charge in [0.15, 0.2) is 6.54 Å². The van der Waals surface area contributed by atoms with E-state index in [0.717, 1.165) is 11.3 Å². The Hall–Kier alpha value is -2.63. The van der Waals surface area contributed by atoms with Crippen molar-refractivity contribution in [3.63, 3.8) is 0 Å². The van der Waals surface area contributed by atoms with Crippen LogP contribution in [0.15, 0.2) is 72.1 Å². The van der Waals surface area contributed by atoms with E-state index in [2.05, 4.69) is 34.2 Å². The summed E-state index contributed by atoms with van der Waals surface area (Å²) < 4.78 is 5.32. The van der Waals surface area contributed by atoms with E-state index in [0.29, 0.717) is 13.1 Å². The number of amides is 1. The lowest BCUT2D eigenvalue weighted by molar-refractivity contribution is -0.676. The van der Waals surface area contributed by atoms with Crippen LogP contribution in [0.25, 0.3) is 0 Å². The Labute approximate surface area is 157 Å². The summed E-state index contributed by atoms with van der Waals surface area (Å²) in [5.74, 6) is 0.797. The van der Waals surface area contributed by atoms with E-state index < -0.39 is 0 Å². The van der Waals surface area contributed by atoms with Gasteiger partial charge in [-0.15, -0.1) is 11.3 Å². The quantitative estimate of drug-likeness (QED) is 0.643. The maximum absolute atomic E-state index is 12.3. The van der Waals surface area contributed by atoms with Crippen LogP contribution in [0.3, 0.4) is 0 Å². The largest absolute Gasteiger partial charge is 0.496 e. The topological polar surface area (TPSA) is 54.9 Å². The van der Waals surface area contributed by atoms with E-state index in [4.69, 9.17) is 4.74 Å². The first-order valence-corrected chi connectivity index (χ1v) is 9.46. The van der Waals surface area contributed by atoms with Crippen LogP contribution in [-0.4, -0.2) is 19.6 Å². The van der Waals surface area contributed by atoms with Crippen molar-refractivity contribution >= 4 is 17.2 Å². The molecule has 0 radical (unpaired) electrons. The van der Waals surface area contributed by atoms with Crippen molar-refractivity contribution in [1.29, 1.82) is 0 Å². The number of carbonyl (C=O) groups excluding carboxylic acids is 1. The summed E-state index contributed by atoms with van der Waals surface area (Å²) in [6.45, 7) is 0.832. The lowest BCUT2D eigenvalue weighted by atomic mass is 10.1. The molecule has 1 aromatic heterocycles. The van der Waals surface area contributed by atoms with Crippen molar-refractivity contribution in [3.05, 3.63) is 88.1 Å². The Morgan fingerprint density at radius 2 is 1.85 bits per heavy atom. The number of hydrogen-bond donors (Lipinski definition) is 2. The fraction of sp³-hybridized carbons (Fsp3) is 0.190. The number of carbonyl (C=O) groups is 1. The number of methoxy groups -OCH3 is 1. The molecule has 0 aliphatic heterocycles. The van der Waals surface area contributed by atoms with Crippen LogP contribution >= 0.6 is 11.3 Å². The van der Waals surface area contributed by atoms with Crippen molar-refractivity contribution in [1.82, 2.24) is 5.32 Å². The second-order valence-electron chi connectivity index (χ2n) is 5.93. The highest BCUT2D eigenvalue weighted by Crippen LogP contribution is 2.22. The molecular formula is C21H23N2O2S+. The molecule has 0 bridgehead atoms. The Kier molecular flexibility index (Phi) is 6.41. The van der Waals surface area contributed by atoms with Gasteiger partial charge in [-0.05, 0) is 17.5 Å². The van der Waals surface area contributed by atoms with Crippen LogP contribution in [0, 0.1) is 0 Å². The van der Waals surface area contributed by atoms with Crippen molar-refractivity contribution in [2.45, 2.75) is 12.6 Å². The van der Waals surface area contributed by atoms with Gasteiger partial charge >= 0.3 is 0 Å². The Balaban J connectivity index is 1.60. The predicted octanol–water partition coefficient (Wildman–Crippen LogP) is 2.73. The van der Waals surface area contributed by atoms with Gasteiger partial charge in [-0.2, -0.15) is 0 Å². The third kappa shape index (κ3) is 4.71. The molecule has 0 spiro atoms. The summed E-state index contributed by atoms with van der Waals surface area (Å²) in [5, 5.41) is 7.13. The SMILES string of the molecule is COc1ccccc1CNC(=O)C[NH2+][C@@H](c1ccccc1)c1cccs1. The Bertz CT molecular complexity index is 819. The molecule has 3 N–H and O–H groups in total. The van der Waals surface area contributed by atoms with Gasteiger partial charge in [0.05, 0.1) is 12.0 Å². The Morgan fingerprint density at radius 3 is 2.58 bits per heavy atom. The normalized spacial score (nSPS) is 11.7. The lowest BCUT2D eigenvalue weighted by Crippen LogP contribution is -2.87. The van der Waals surface area contributed by atoms with Gasteiger partial charge in [0.25, 0.3) is 5.91 Å². The minimum absolute atomic E-state index is 0.00777. The molecule has 0 aliphatic carbocycles. The number of para-hydroxylation sites is 1. The molecule has 0 saturated heterocycles. The van der Waals surface area contributed by atoms with Crippen LogP contribution in [0.5, 0.6) is 5.75 Å². The van der Waals surface area contributed by atoms with Gasteiger partial charge < -0.3 is 15.4 Å². The van der Waals surface area contributed by atoms with Gasteiger partial charge in [0.2, 0.25) is 0 Å². The molecule has 0 unspecified atom stereocenters. The summed E-state index contributed by atoms with van der Waals surface area (Å²) in [6.07, 6.45) is 0. The number of nitrogens with two attached hydrogens (primary N) is 1. The third-order valence-electron chi connectivity index (χ3n) is 4.22. The highest BCUT2D eigenvalue weighted by atomic mass is 32.1. The molecule has 5 heteroatoms. The van der Waals surface area contributed by atoms with E-state index in [9.17, 15) is 4.79 Å². The number of quaternary nitrogens is 1. The maximum Gasteiger partial charge on any atom is 0.275 e. The van der Waals surface area contributed by atoms with E-state index in [1.165, 1.54) is 10.4 Å². The molecule has 0 saturated carbocycles. The number of nitrogens with one attached hydrogen (secondary N) is 1. The monoisotopic (exact) mass is 367 g/mol. The highest BCUT2D eigenvalue weighted by molar-refractivity contribution is 7.10. The zero-order valence-electron chi connectivity index (χ0n) is 14.7. The number of ether oxygens (including phenoxy) is 1. The van der Waals surface area contributed by atoms with Crippen molar-refractivity contribution in [3.8, 4) is 5.75 Å². The van der Waals surface area contributed by atoms with Crippen LogP contribution in [-0.2, 0) is 11.3 Å². The van der Waals surface area contributed by atoms with Crippen LogP contribution in [0.1, 0.15) is 22.0 Å². The predicted molar refractivity (Wildman–Crippen MR) is 104 cm³/mol. The molecule has 1 atom stereocenters. The molecular weight excluding hydrogens is 344 g/mol. The standard InChI is InChI=1S/C21H22N2O2S/c1-25-18-11-6-5-10-17(18)14-22-20(24)15-23-21(19-12-7-13-26-19)16-8-3-2-4-9-16/h2-13,21,23H,14-15H2,1H3,(H,22,24)/p+1/t21-/m0/s1. The first kappa shape index (κ1) is 18.2. The molecule has 1 amide bonds. The summed E-state index contributed by atoms with van der Waals surface area (Å²) in [5.41, 5.74) is 2.17. The van der Waals surface area contributed by atoms with Crippen LogP contribution in [0.2, 0.25) is 0 Å². The summed E-state index contributed by atoms with van der Waals surface area (Å²) in [7, 11) is 1.64. The van der Waals surface area contributed by atoms with E-state index in [1.54, 1.807) is 18.4 Å². The average molecular weight is 367 g/mol. The second-order valence-corrected chi connectivity index (χ2v) is 6.91. The van der Waals surface area contributed by atoms with Crippen LogP contribution in [0.4, 0.5) is 0 Å². The zero-order valence-corrected chi connectivity index (χ0v) is 15.5. The average Bonchev–Trinajstić information content (AvgIpc) is 3.22. The van der Waals surface area contributed by atoms with Gasteiger partial charge in [-0.1, -0.05) is 54.6 Å². The molecule has 26 heavy (non-hydrogen) atoms. The smallest absolute Gasteiger partial charge is 0.275 e. The molecule has 3 aromatic rings. The molecule has 0 fully saturated rings. The number of thiophene rings is 1. The van der Waals surface area contributed by atoms with Crippen molar-refractivity contribution in [2.24, 2.45) is 0 Å². The molecule has 4 nitrogen and oxygen atoms in total. The van der Waals surface area contributed by atoms with Gasteiger partial charge in [0.1, 0.15) is 11.8 Å². The zero-order chi connectivity index (χ0) is 18.2. The highest BCUT2D eigenvalue weighted by Gasteiger charge is 2.19. The summed E-state index contributed by atoms with van der Waals surface area (Å²) in [4.78, 5) is 13.6. The second kappa shape index (κ2) is 9.17. The summed E-state index contributed by atoms with van der Waals surface area (Å²) >= 11 is 1.71. The minimum Gasteiger partial charge on any atom is -0.496 e. The van der Waals surface area contributed by atoms with Gasteiger partial charge in [-0.25, -0.2) is 0 Å². The van der Waals surface area contributed by atoms with Crippen molar-refractivity contribution in [2.75, 3.05) is 13.7 Å². The molecule has 2 aromatic carbocycles. The van der Waals surface area contributed by atoms with Crippen LogP contribution < -0.4 is 15.4 Å². The molecule has 3 rings (SSSR count). The summed E-state index contributed by atoms with van der Waals surface area (Å²) in [6, 6.07) is 22.3. The molecule has 134 valence electrons. The van der Waals surface area contributed by atoms with E-state index >= 15 is 0 Å². The number of hydrogen-bond acceptors (Lipinski definition) is 3. The van der Waals surface area contributed by atoms with Gasteiger partial charge in [0, 0.05) is 17.7 Å². The van der Waals surface area contributed by atoms with E-state index in [-0.39, 0.29) is 11.9 Å². The first-order valence-electron chi connectivity index (χ1n) is 8.58. The minimum atomic E-state index is 0.00777. The Morgan fingerprint density at radius 1 is 1.08 bits per heavy atom. The van der Waals surface area contributed by atoms with Gasteiger partial charge in [-0.3, -0.25) is 4.79 Å².